The van der Waals surface area contributed by atoms with E-state index < -0.39 is 10.0 Å². The van der Waals surface area contributed by atoms with E-state index in [9.17, 15) is 13.2 Å². The third-order valence-electron chi connectivity index (χ3n) is 3.37. The maximum Gasteiger partial charge on any atom is 0.228 e. The van der Waals surface area contributed by atoms with Gasteiger partial charge in [0, 0.05) is 39.3 Å². The highest BCUT2D eigenvalue weighted by atomic mass is 32.2. The van der Waals surface area contributed by atoms with Crippen molar-refractivity contribution in [3.8, 4) is 0 Å². The van der Waals surface area contributed by atoms with Crippen LogP contribution in [0.3, 0.4) is 0 Å². The van der Waals surface area contributed by atoms with Gasteiger partial charge in [-0.1, -0.05) is 0 Å². The SMILES string of the molecule is CS(=O)(=O)N1CCCN(C(=O)C2CNC2)CC1. The molecule has 0 aromatic rings. The molecule has 1 N–H and O–H groups in total. The molecule has 2 aliphatic heterocycles. The average molecular weight is 261 g/mol. The van der Waals surface area contributed by atoms with Gasteiger partial charge in [-0.05, 0) is 6.42 Å². The van der Waals surface area contributed by atoms with E-state index in [0.29, 0.717) is 26.2 Å². The first-order valence-corrected chi connectivity index (χ1v) is 7.78. The van der Waals surface area contributed by atoms with Crippen LogP contribution in [0.5, 0.6) is 0 Å². The molecule has 2 saturated heterocycles. The van der Waals surface area contributed by atoms with Crippen molar-refractivity contribution in [1.29, 1.82) is 0 Å². The highest BCUT2D eigenvalue weighted by Gasteiger charge is 2.31. The van der Waals surface area contributed by atoms with E-state index in [2.05, 4.69) is 5.32 Å². The zero-order valence-electron chi connectivity index (χ0n) is 10.1. The summed E-state index contributed by atoms with van der Waals surface area (Å²) in [5, 5.41) is 3.08. The van der Waals surface area contributed by atoms with Gasteiger partial charge in [0.05, 0.1) is 12.2 Å². The van der Waals surface area contributed by atoms with Crippen LogP contribution in [-0.4, -0.2) is 69.1 Å². The smallest absolute Gasteiger partial charge is 0.228 e. The summed E-state index contributed by atoms with van der Waals surface area (Å²) in [5.41, 5.74) is 0. The maximum atomic E-state index is 12.0. The molecule has 0 bridgehead atoms. The van der Waals surface area contributed by atoms with Gasteiger partial charge in [-0.25, -0.2) is 12.7 Å². The zero-order chi connectivity index (χ0) is 12.5. The molecule has 17 heavy (non-hydrogen) atoms. The largest absolute Gasteiger partial charge is 0.341 e. The third kappa shape index (κ3) is 2.97. The fourth-order valence-electron chi connectivity index (χ4n) is 2.17. The summed E-state index contributed by atoms with van der Waals surface area (Å²) in [6.07, 6.45) is 1.94. The lowest BCUT2D eigenvalue weighted by Gasteiger charge is -2.31. The van der Waals surface area contributed by atoms with E-state index in [0.717, 1.165) is 19.5 Å². The van der Waals surface area contributed by atoms with Crippen LogP contribution in [0.4, 0.5) is 0 Å². The molecule has 0 aliphatic carbocycles. The molecule has 0 aromatic carbocycles. The summed E-state index contributed by atoms with van der Waals surface area (Å²) < 4.78 is 24.3. The first-order valence-electron chi connectivity index (χ1n) is 5.93. The molecular weight excluding hydrogens is 242 g/mol. The van der Waals surface area contributed by atoms with Crippen LogP contribution >= 0.6 is 0 Å². The summed E-state index contributed by atoms with van der Waals surface area (Å²) in [4.78, 5) is 13.8. The van der Waals surface area contributed by atoms with E-state index in [1.54, 1.807) is 4.90 Å². The lowest BCUT2D eigenvalue weighted by molar-refractivity contribution is -0.136. The lowest BCUT2D eigenvalue weighted by atomic mass is 10.0. The van der Waals surface area contributed by atoms with Gasteiger partial charge in [0.25, 0.3) is 0 Å². The van der Waals surface area contributed by atoms with Crippen molar-refractivity contribution in [3.05, 3.63) is 0 Å². The van der Waals surface area contributed by atoms with E-state index in [1.165, 1.54) is 10.6 Å². The van der Waals surface area contributed by atoms with Crippen LogP contribution in [0, 0.1) is 5.92 Å². The van der Waals surface area contributed by atoms with Crippen molar-refractivity contribution in [2.24, 2.45) is 5.92 Å². The number of carbonyl (C=O) groups is 1. The van der Waals surface area contributed by atoms with Crippen molar-refractivity contribution in [1.82, 2.24) is 14.5 Å². The molecule has 2 heterocycles. The first kappa shape index (κ1) is 12.8. The second kappa shape index (κ2) is 4.91. The van der Waals surface area contributed by atoms with Crippen molar-refractivity contribution in [3.63, 3.8) is 0 Å². The fourth-order valence-corrected chi connectivity index (χ4v) is 3.04. The Kier molecular flexibility index (Phi) is 3.70. The highest BCUT2D eigenvalue weighted by molar-refractivity contribution is 7.88. The number of carbonyl (C=O) groups excluding carboxylic acids is 1. The minimum Gasteiger partial charge on any atom is -0.341 e. The van der Waals surface area contributed by atoms with Gasteiger partial charge in [-0.2, -0.15) is 0 Å². The van der Waals surface area contributed by atoms with Gasteiger partial charge in [-0.3, -0.25) is 4.79 Å². The topological polar surface area (TPSA) is 69.7 Å². The van der Waals surface area contributed by atoms with Gasteiger partial charge in [-0.15, -0.1) is 0 Å². The Bertz CT molecular complexity index is 392. The second-order valence-corrected chi connectivity index (χ2v) is 6.68. The molecule has 6 nitrogen and oxygen atoms in total. The third-order valence-corrected chi connectivity index (χ3v) is 4.67. The van der Waals surface area contributed by atoms with Crippen molar-refractivity contribution < 1.29 is 13.2 Å². The molecule has 0 atom stereocenters. The van der Waals surface area contributed by atoms with Gasteiger partial charge in [0.15, 0.2) is 0 Å². The molecule has 7 heteroatoms. The van der Waals surface area contributed by atoms with E-state index >= 15 is 0 Å². The Morgan fingerprint density at radius 2 is 1.88 bits per heavy atom. The van der Waals surface area contributed by atoms with E-state index in [-0.39, 0.29) is 11.8 Å². The molecule has 2 fully saturated rings. The predicted octanol–water partition coefficient (Wildman–Crippen LogP) is -1.30. The number of hydrogen-bond acceptors (Lipinski definition) is 4. The van der Waals surface area contributed by atoms with Crippen molar-refractivity contribution in [2.75, 3.05) is 45.5 Å². The number of nitrogens with zero attached hydrogens (tertiary/aromatic N) is 2. The molecule has 0 unspecified atom stereocenters. The molecule has 1 amide bonds. The molecule has 98 valence electrons. The Hall–Kier alpha value is -0.660. The Morgan fingerprint density at radius 1 is 1.18 bits per heavy atom. The number of amides is 1. The predicted molar refractivity (Wildman–Crippen MR) is 64.0 cm³/mol. The van der Waals surface area contributed by atoms with Crippen molar-refractivity contribution in [2.45, 2.75) is 6.42 Å². The molecule has 2 aliphatic rings. The van der Waals surface area contributed by atoms with Crippen LogP contribution in [0.2, 0.25) is 0 Å². The van der Waals surface area contributed by atoms with Crippen molar-refractivity contribution >= 4 is 15.9 Å². The fraction of sp³-hybridized carbons (Fsp3) is 0.900. The number of nitrogens with one attached hydrogen (secondary N) is 1. The monoisotopic (exact) mass is 261 g/mol. The molecule has 0 radical (unpaired) electrons. The van der Waals surface area contributed by atoms with Gasteiger partial charge in [0.1, 0.15) is 0 Å². The van der Waals surface area contributed by atoms with Crippen LogP contribution in [0.25, 0.3) is 0 Å². The summed E-state index contributed by atoms with van der Waals surface area (Å²) >= 11 is 0. The lowest BCUT2D eigenvalue weighted by Crippen LogP contribution is -2.52. The number of hydrogen-bond donors (Lipinski definition) is 1. The molecule has 0 saturated carbocycles. The highest BCUT2D eigenvalue weighted by Crippen LogP contribution is 2.12. The van der Waals surface area contributed by atoms with Crippen LogP contribution in [-0.2, 0) is 14.8 Å². The zero-order valence-corrected chi connectivity index (χ0v) is 10.9. The van der Waals surface area contributed by atoms with Gasteiger partial charge < -0.3 is 10.2 Å². The summed E-state index contributed by atoms with van der Waals surface area (Å²) in [7, 11) is -3.13. The summed E-state index contributed by atoms with van der Waals surface area (Å²) in [6, 6.07) is 0. The second-order valence-electron chi connectivity index (χ2n) is 4.70. The summed E-state index contributed by atoms with van der Waals surface area (Å²) in [5.74, 6) is 0.263. The Morgan fingerprint density at radius 3 is 2.41 bits per heavy atom. The normalized spacial score (nSPS) is 24.2. The number of rotatable bonds is 2. The molecule has 2 rings (SSSR count). The average Bonchev–Trinajstić information content (AvgIpc) is 2.38. The minimum absolute atomic E-state index is 0.0970. The Balaban J connectivity index is 1.93. The van der Waals surface area contributed by atoms with E-state index in [1.807, 2.05) is 0 Å². The van der Waals surface area contributed by atoms with Crippen LogP contribution in [0.1, 0.15) is 6.42 Å². The van der Waals surface area contributed by atoms with Gasteiger partial charge >= 0.3 is 0 Å². The number of sulfonamides is 1. The molecule has 0 spiro atoms. The minimum atomic E-state index is -3.13. The summed E-state index contributed by atoms with van der Waals surface area (Å²) in [6.45, 7) is 3.64. The van der Waals surface area contributed by atoms with Gasteiger partial charge in [0.2, 0.25) is 15.9 Å². The Labute approximate surface area is 102 Å². The maximum absolute atomic E-state index is 12.0. The van der Waals surface area contributed by atoms with Crippen LogP contribution < -0.4 is 5.32 Å². The molecular formula is C10H19N3O3S. The van der Waals surface area contributed by atoms with E-state index in [4.69, 9.17) is 0 Å². The first-order chi connectivity index (χ1) is 7.98. The van der Waals surface area contributed by atoms with Crippen LogP contribution in [0.15, 0.2) is 0 Å². The molecule has 0 aromatic heterocycles. The standard InChI is InChI=1S/C10H19N3O3S/c1-17(15,16)13-4-2-3-12(5-6-13)10(14)9-7-11-8-9/h9,11H,2-8H2,1H3. The quantitative estimate of drug-likeness (QED) is 0.671.